The van der Waals surface area contributed by atoms with Gasteiger partial charge in [0.15, 0.2) is 0 Å². The molecule has 0 aliphatic heterocycles. The van der Waals surface area contributed by atoms with E-state index in [0.717, 1.165) is 0 Å². The van der Waals surface area contributed by atoms with E-state index in [9.17, 15) is 0 Å². The van der Waals surface area contributed by atoms with E-state index < -0.39 is 0 Å². The van der Waals surface area contributed by atoms with Gasteiger partial charge in [0.25, 0.3) is 0 Å². The molecule has 4 aromatic rings. The molecule has 4 aromatic carbocycles. The van der Waals surface area contributed by atoms with Crippen molar-refractivity contribution in [3.05, 3.63) is 113 Å². The van der Waals surface area contributed by atoms with E-state index in [-0.39, 0.29) is 0 Å². The second kappa shape index (κ2) is 8.20. The van der Waals surface area contributed by atoms with Gasteiger partial charge < -0.3 is 4.90 Å². The van der Waals surface area contributed by atoms with Gasteiger partial charge >= 0.3 is 0 Å². The van der Waals surface area contributed by atoms with Gasteiger partial charge in [0.05, 0.1) is 0 Å². The maximum atomic E-state index is 2.38. The van der Waals surface area contributed by atoms with Crippen molar-refractivity contribution >= 4 is 17.1 Å². The van der Waals surface area contributed by atoms with Gasteiger partial charge in [-0.2, -0.15) is 0 Å². The summed E-state index contributed by atoms with van der Waals surface area (Å²) in [4.78, 5) is 2.38. The summed E-state index contributed by atoms with van der Waals surface area (Å²) in [5.41, 5.74) is 12.5. The van der Waals surface area contributed by atoms with Crippen LogP contribution in [-0.2, 0) is 0 Å². The summed E-state index contributed by atoms with van der Waals surface area (Å²) in [6.45, 7) is 10.8. The minimum Gasteiger partial charge on any atom is -0.310 e. The van der Waals surface area contributed by atoms with Gasteiger partial charge in [-0.25, -0.2) is 0 Å². The van der Waals surface area contributed by atoms with E-state index in [4.69, 9.17) is 0 Å². The van der Waals surface area contributed by atoms with Gasteiger partial charge in [-0.1, -0.05) is 77.4 Å². The normalized spacial score (nSPS) is 10.8. The Morgan fingerprint density at radius 2 is 0.833 bits per heavy atom. The molecule has 0 unspecified atom stereocenters. The first-order valence-electron chi connectivity index (χ1n) is 10.5. The minimum absolute atomic E-state index is 1.17. The van der Waals surface area contributed by atoms with Gasteiger partial charge in [-0.3, -0.25) is 0 Å². The largest absolute Gasteiger partial charge is 0.310 e. The Labute approximate surface area is 180 Å². The molecule has 30 heavy (non-hydrogen) atoms. The molecule has 0 spiro atoms. The summed E-state index contributed by atoms with van der Waals surface area (Å²) in [5, 5.41) is 0. The van der Waals surface area contributed by atoms with Crippen molar-refractivity contribution < 1.29 is 0 Å². The van der Waals surface area contributed by atoms with Crippen LogP contribution in [0.2, 0.25) is 0 Å². The molecule has 0 saturated heterocycles. The second-order valence-electron chi connectivity index (χ2n) is 8.33. The molecule has 0 radical (unpaired) electrons. The monoisotopic (exact) mass is 391 g/mol. The van der Waals surface area contributed by atoms with Crippen LogP contribution in [0, 0.1) is 34.6 Å². The number of hydrogen-bond acceptors (Lipinski definition) is 1. The lowest BCUT2D eigenvalue weighted by atomic mass is 10.0. The highest BCUT2D eigenvalue weighted by atomic mass is 15.1. The molecule has 0 saturated carbocycles. The topological polar surface area (TPSA) is 3.24 Å². The van der Waals surface area contributed by atoms with Crippen LogP contribution < -0.4 is 4.90 Å². The third-order valence-electron chi connectivity index (χ3n) is 5.70. The Hall–Kier alpha value is -3.32. The molecule has 0 aliphatic carbocycles. The SMILES string of the molecule is Cc1ccc(-c2ccc(N(c3ccc(C)cc3C)c3ccc(C)cc3C)cc2)cc1. The van der Waals surface area contributed by atoms with Crippen molar-refractivity contribution in [2.24, 2.45) is 0 Å². The zero-order valence-corrected chi connectivity index (χ0v) is 18.5. The first kappa shape index (κ1) is 20.0. The molecule has 1 nitrogen and oxygen atoms in total. The molecule has 150 valence electrons. The van der Waals surface area contributed by atoms with E-state index in [1.54, 1.807) is 0 Å². The van der Waals surface area contributed by atoms with Crippen molar-refractivity contribution in [3.8, 4) is 11.1 Å². The molecule has 0 amide bonds. The second-order valence-corrected chi connectivity index (χ2v) is 8.33. The van der Waals surface area contributed by atoms with E-state index in [1.807, 2.05) is 0 Å². The minimum atomic E-state index is 1.17. The first-order valence-corrected chi connectivity index (χ1v) is 10.5. The number of hydrogen-bond donors (Lipinski definition) is 0. The first-order chi connectivity index (χ1) is 14.4. The van der Waals surface area contributed by atoms with Crippen molar-refractivity contribution in [1.29, 1.82) is 0 Å². The third-order valence-corrected chi connectivity index (χ3v) is 5.70. The average molecular weight is 392 g/mol. The Morgan fingerprint density at radius 1 is 0.433 bits per heavy atom. The highest BCUT2D eigenvalue weighted by Crippen LogP contribution is 2.39. The van der Waals surface area contributed by atoms with Crippen molar-refractivity contribution in [2.75, 3.05) is 4.90 Å². The molecule has 0 bridgehead atoms. The van der Waals surface area contributed by atoms with Crippen LogP contribution in [0.1, 0.15) is 27.8 Å². The molecular weight excluding hydrogens is 362 g/mol. The molecule has 0 aliphatic rings. The van der Waals surface area contributed by atoms with Crippen LogP contribution >= 0.6 is 0 Å². The molecule has 0 aromatic heterocycles. The molecule has 0 fully saturated rings. The lowest BCUT2D eigenvalue weighted by molar-refractivity contribution is 1.21. The van der Waals surface area contributed by atoms with Crippen molar-refractivity contribution in [1.82, 2.24) is 0 Å². The van der Waals surface area contributed by atoms with Gasteiger partial charge in [0, 0.05) is 17.1 Å². The maximum Gasteiger partial charge on any atom is 0.0491 e. The van der Waals surface area contributed by atoms with E-state index >= 15 is 0 Å². The summed E-state index contributed by atoms with van der Waals surface area (Å²) in [6.07, 6.45) is 0. The summed E-state index contributed by atoms with van der Waals surface area (Å²) >= 11 is 0. The quantitative estimate of drug-likeness (QED) is 0.338. The van der Waals surface area contributed by atoms with E-state index in [2.05, 4.69) is 124 Å². The Bertz CT molecular complexity index is 1120. The Kier molecular flexibility index (Phi) is 5.46. The lowest BCUT2D eigenvalue weighted by Crippen LogP contribution is -2.12. The van der Waals surface area contributed by atoms with Crippen LogP contribution in [0.3, 0.4) is 0 Å². The molecule has 0 atom stereocenters. The smallest absolute Gasteiger partial charge is 0.0491 e. The van der Waals surface area contributed by atoms with E-state index in [1.165, 1.54) is 56.0 Å². The highest BCUT2D eigenvalue weighted by Gasteiger charge is 2.16. The highest BCUT2D eigenvalue weighted by molar-refractivity contribution is 5.81. The number of nitrogens with zero attached hydrogens (tertiary/aromatic N) is 1. The van der Waals surface area contributed by atoms with Crippen LogP contribution in [0.15, 0.2) is 84.9 Å². The fourth-order valence-corrected chi connectivity index (χ4v) is 4.07. The van der Waals surface area contributed by atoms with Crippen molar-refractivity contribution in [3.63, 3.8) is 0 Å². The Morgan fingerprint density at radius 3 is 1.27 bits per heavy atom. The molecular formula is C29H29N. The number of aryl methyl sites for hydroxylation is 5. The molecule has 0 N–H and O–H groups in total. The van der Waals surface area contributed by atoms with Gasteiger partial charge in [-0.05, 0) is 81.1 Å². The summed E-state index contributed by atoms with van der Waals surface area (Å²) in [6, 6.07) is 31.0. The predicted octanol–water partition coefficient (Wildman–Crippen LogP) is 8.37. The summed E-state index contributed by atoms with van der Waals surface area (Å²) in [5.74, 6) is 0. The van der Waals surface area contributed by atoms with Crippen LogP contribution in [0.5, 0.6) is 0 Å². The van der Waals surface area contributed by atoms with Gasteiger partial charge in [-0.15, -0.1) is 0 Å². The number of anilines is 3. The number of benzene rings is 4. The van der Waals surface area contributed by atoms with Crippen LogP contribution in [0.4, 0.5) is 17.1 Å². The van der Waals surface area contributed by atoms with E-state index in [0.29, 0.717) is 0 Å². The fourth-order valence-electron chi connectivity index (χ4n) is 4.07. The van der Waals surface area contributed by atoms with Gasteiger partial charge in [0.2, 0.25) is 0 Å². The third kappa shape index (κ3) is 4.02. The predicted molar refractivity (Wildman–Crippen MR) is 130 cm³/mol. The Balaban J connectivity index is 1.82. The maximum absolute atomic E-state index is 2.38. The van der Waals surface area contributed by atoms with Crippen molar-refractivity contribution in [2.45, 2.75) is 34.6 Å². The lowest BCUT2D eigenvalue weighted by Gasteiger charge is -2.29. The average Bonchev–Trinajstić information content (AvgIpc) is 2.72. The zero-order chi connectivity index (χ0) is 21.3. The zero-order valence-electron chi connectivity index (χ0n) is 18.5. The molecule has 4 rings (SSSR count). The standard InChI is InChI=1S/C29H29N/c1-20-6-10-25(11-7-20)26-12-14-27(15-13-26)30(28-16-8-21(2)18-23(28)4)29-17-9-22(3)19-24(29)5/h6-19H,1-5H3. The summed E-state index contributed by atoms with van der Waals surface area (Å²) in [7, 11) is 0. The van der Waals surface area contributed by atoms with Crippen LogP contribution in [-0.4, -0.2) is 0 Å². The van der Waals surface area contributed by atoms with Crippen LogP contribution in [0.25, 0.3) is 11.1 Å². The molecule has 1 heteroatoms. The van der Waals surface area contributed by atoms with Gasteiger partial charge in [0.1, 0.15) is 0 Å². The summed E-state index contributed by atoms with van der Waals surface area (Å²) < 4.78 is 0. The molecule has 0 heterocycles. The number of rotatable bonds is 4. The fraction of sp³-hybridized carbons (Fsp3) is 0.172.